The Morgan fingerprint density at radius 2 is 1.93 bits per heavy atom. The lowest BCUT2D eigenvalue weighted by molar-refractivity contribution is 0.339. The maximum atomic E-state index is 13.2. The van der Waals surface area contributed by atoms with E-state index in [1.807, 2.05) is 44.2 Å². The van der Waals surface area contributed by atoms with Gasteiger partial charge in [0.2, 0.25) is 0 Å². The molecule has 1 aromatic carbocycles. The molecule has 134 valence electrons. The number of rotatable bonds is 4. The number of thiazole rings is 1. The van der Waals surface area contributed by atoms with Gasteiger partial charge in [-0.1, -0.05) is 12.1 Å². The van der Waals surface area contributed by atoms with Crippen LogP contribution in [0.3, 0.4) is 0 Å². The lowest BCUT2D eigenvalue weighted by atomic mass is 10.2. The summed E-state index contributed by atoms with van der Waals surface area (Å²) in [5.74, 6) is 0.523. The summed E-state index contributed by atoms with van der Waals surface area (Å²) in [7, 11) is 0. The van der Waals surface area contributed by atoms with Gasteiger partial charge < -0.3 is 4.74 Å². The molecule has 3 aromatic rings. The van der Waals surface area contributed by atoms with Gasteiger partial charge in [0.15, 0.2) is 5.57 Å². The van der Waals surface area contributed by atoms with Crippen LogP contribution in [0.2, 0.25) is 0 Å². The normalized spacial score (nSPS) is 11.0. The summed E-state index contributed by atoms with van der Waals surface area (Å²) in [5, 5.41) is 18.7. The number of ether oxygens (including phenoxy) is 1. The fraction of sp³-hybridized carbons (Fsp3) is 0.150. The molecule has 0 aliphatic heterocycles. The van der Waals surface area contributed by atoms with Crippen LogP contribution in [0.1, 0.15) is 16.7 Å². The molecule has 0 amide bonds. The molecular weight excluding hydrogens is 378 g/mol. The first-order valence-corrected chi connectivity index (χ1v) is 9.79. The van der Waals surface area contributed by atoms with Crippen LogP contribution in [-0.4, -0.2) is 11.2 Å². The SMILES string of the molecule is CCOc1ccccc1-n1c(=C(C#N)C#N)s/c(=C/c2ccc(C)s2)c1=O. The van der Waals surface area contributed by atoms with Crippen molar-refractivity contribution in [3.8, 4) is 23.6 Å². The average molecular weight is 393 g/mol. The minimum Gasteiger partial charge on any atom is -0.492 e. The first kappa shape index (κ1) is 18.7. The number of nitriles is 2. The van der Waals surface area contributed by atoms with Crippen LogP contribution in [0.15, 0.2) is 41.2 Å². The van der Waals surface area contributed by atoms with Crippen LogP contribution in [0.25, 0.3) is 17.3 Å². The third kappa shape index (κ3) is 3.70. The third-order valence-corrected chi connectivity index (χ3v) is 5.74. The molecular formula is C20H15N3O2S2. The number of aryl methyl sites for hydroxylation is 1. The van der Waals surface area contributed by atoms with Gasteiger partial charge in [0.25, 0.3) is 5.56 Å². The van der Waals surface area contributed by atoms with Gasteiger partial charge in [-0.15, -0.1) is 22.7 Å². The van der Waals surface area contributed by atoms with Crippen LogP contribution in [0.5, 0.6) is 5.75 Å². The summed E-state index contributed by atoms with van der Waals surface area (Å²) in [5.41, 5.74) is 0.127. The first-order chi connectivity index (χ1) is 13.1. The molecule has 2 heterocycles. The number of nitrogens with zero attached hydrogens (tertiary/aromatic N) is 3. The Labute approximate surface area is 163 Å². The predicted octanol–water partition coefficient (Wildman–Crippen LogP) is 2.69. The molecule has 27 heavy (non-hydrogen) atoms. The number of aromatic nitrogens is 1. The van der Waals surface area contributed by atoms with Crippen LogP contribution in [0.4, 0.5) is 0 Å². The average Bonchev–Trinajstić information content (AvgIpc) is 3.21. The van der Waals surface area contributed by atoms with Gasteiger partial charge in [0.1, 0.15) is 22.6 Å². The second-order valence-electron chi connectivity index (χ2n) is 5.50. The molecule has 0 N–H and O–H groups in total. The fourth-order valence-electron chi connectivity index (χ4n) is 2.57. The number of hydrogen-bond acceptors (Lipinski definition) is 6. The Balaban J connectivity index is 2.40. The molecule has 0 aliphatic rings. The highest BCUT2D eigenvalue weighted by Gasteiger charge is 2.14. The summed E-state index contributed by atoms with van der Waals surface area (Å²) >= 11 is 2.71. The Morgan fingerprint density at radius 1 is 1.19 bits per heavy atom. The fourth-order valence-corrected chi connectivity index (χ4v) is 4.50. The number of thiophene rings is 1. The van der Waals surface area contributed by atoms with E-state index in [1.54, 1.807) is 35.6 Å². The highest BCUT2D eigenvalue weighted by molar-refractivity contribution is 7.13. The molecule has 0 unspecified atom stereocenters. The monoisotopic (exact) mass is 393 g/mol. The van der Waals surface area contributed by atoms with E-state index in [0.29, 0.717) is 27.2 Å². The molecule has 7 heteroatoms. The standard InChI is InChI=1S/C20H15N3O2S2/c1-3-25-17-7-5-4-6-16(17)23-19(24)18(10-15-9-8-13(2)26-15)27-20(23)14(11-21)12-22/h4-10H,3H2,1-2H3/b18-10+. The van der Waals surface area contributed by atoms with Gasteiger partial charge in [-0.2, -0.15) is 10.5 Å². The van der Waals surface area contributed by atoms with Gasteiger partial charge >= 0.3 is 0 Å². The van der Waals surface area contributed by atoms with Gasteiger partial charge in [0, 0.05) is 9.75 Å². The molecule has 0 radical (unpaired) electrons. The van der Waals surface area contributed by atoms with E-state index in [2.05, 4.69) is 0 Å². The zero-order chi connectivity index (χ0) is 19.4. The van der Waals surface area contributed by atoms with Crippen molar-refractivity contribution in [2.75, 3.05) is 6.61 Å². The second kappa shape index (κ2) is 8.05. The molecule has 5 nitrogen and oxygen atoms in total. The molecule has 0 fully saturated rings. The summed E-state index contributed by atoms with van der Waals surface area (Å²) in [6.07, 6.45) is 1.79. The minimum absolute atomic E-state index is 0.106. The van der Waals surface area contributed by atoms with Crippen LogP contribution >= 0.6 is 22.7 Å². The lowest BCUT2D eigenvalue weighted by Gasteiger charge is -2.10. The smallest absolute Gasteiger partial charge is 0.273 e. The van der Waals surface area contributed by atoms with Crippen LogP contribution in [0, 0.1) is 29.6 Å². The summed E-state index contributed by atoms with van der Waals surface area (Å²) in [6, 6.07) is 14.8. The zero-order valence-corrected chi connectivity index (χ0v) is 16.4. The van der Waals surface area contributed by atoms with E-state index >= 15 is 0 Å². The van der Waals surface area contributed by atoms with Crippen molar-refractivity contribution in [2.24, 2.45) is 0 Å². The van der Waals surface area contributed by atoms with Crippen molar-refractivity contribution in [3.05, 3.63) is 65.7 Å². The van der Waals surface area contributed by atoms with Crippen molar-refractivity contribution in [3.63, 3.8) is 0 Å². The first-order valence-electron chi connectivity index (χ1n) is 8.15. The van der Waals surface area contributed by atoms with Crippen molar-refractivity contribution in [2.45, 2.75) is 13.8 Å². The largest absolute Gasteiger partial charge is 0.492 e. The van der Waals surface area contributed by atoms with Gasteiger partial charge in [-0.05, 0) is 44.2 Å². The van der Waals surface area contributed by atoms with E-state index in [9.17, 15) is 15.3 Å². The van der Waals surface area contributed by atoms with E-state index < -0.39 is 0 Å². The van der Waals surface area contributed by atoms with Crippen molar-refractivity contribution >= 4 is 34.3 Å². The second-order valence-corrected chi connectivity index (χ2v) is 7.85. The van der Waals surface area contributed by atoms with Crippen molar-refractivity contribution in [1.29, 1.82) is 10.5 Å². The van der Waals surface area contributed by atoms with Gasteiger partial charge in [-0.3, -0.25) is 9.36 Å². The highest BCUT2D eigenvalue weighted by atomic mass is 32.1. The van der Waals surface area contributed by atoms with E-state index in [4.69, 9.17) is 4.74 Å². The predicted molar refractivity (Wildman–Crippen MR) is 108 cm³/mol. The Kier molecular flexibility index (Phi) is 5.56. The maximum Gasteiger partial charge on any atom is 0.273 e. The third-order valence-electron chi connectivity index (χ3n) is 3.70. The summed E-state index contributed by atoms with van der Waals surface area (Å²) < 4.78 is 7.80. The van der Waals surface area contributed by atoms with Crippen molar-refractivity contribution in [1.82, 2.24) is 4.57 Å². The molecule has 0 saturated carbocycles. The lowest BCUT2D eigenvalue weighted by Crippen LogP contribution is -2.31. The van der Waals surface area contributed by atoms with Gasteiger partial charge in [0.05, 0.1) is 16.8 Å². The Morgan fingerprint density at radius 3 is 2.56 bits per heavy atom. The maximum absolute atomic E-state index is 13.2. The van der Waals surface area contributed by atoms with Crippen LogP contribution < -0.4 is 19.5 Å². The number of para-hydroxylation sites is 2. The topological polar surface area (TPSA) is 78.8 Å². The molecule has 0 bridgehead atoms. The molecule has 3 rings (SSSR count). The zero-order valence-electron chi connectivity index (χ0n) is 14.7. The summed E-state index contributed by atoms with van der Waals surface area (Å²) in [4.78, 5) is 15.2. The Bertz CT molecular complexity index is 1230. The number of hydrogen-bond donors (Lipinski definition) is 0. The van der Waals surface area contributed by atoms with Crippen molar-refractivity contribution < 1.29 is 4.74 Å². The molecule has 0 saturated heterocycles. The molecule has 0 aliphatic carbocycles. The molecule has 2 aromatic heterocycles. The minimum atomic E-state index is -0.281. The molecule has 0 atom stereocenters. The van der Waals surface area contributed by atoms with E-state index in [1.165, 1.54) is 4.57 Å². The quantitative estimate of drug-likeness (QED) is 0.683. The Hall–Kier alpha value is -3.13. The summed E-state index contributed by atoms with van der Waals surface area (Å²) in [6.45, 7) is 4.29. The van der Waals surface area contributed by atoms with Crippen LogP contribution in [-0.2, 0) is 0 Å². The van der Waals surface area contributed by atoms with E-state index in [-0.39, 0.29) is 11.1 Å². The highest BCUT2D eigenvalue weighted by Crippen LogP contribution is 2.20. The van der Waals surface area contributed by atoms with Gasteiger partial charge in [-0.25, -0.2) is 0 Å². The number of benzene rings is 1. The van der Waals surface area contributed by atoms with E-state index in [0.717, 1.165) is 21.1 Å². The molecule has 0 spiro atoms.